The first-order valence-corrected chi connectivity index (χ1v) is 5.64. The summed E-state index contributed by atoms with van der Waals surface area (Å²) in [5.74, 6) is 0. The Hall–Kier alpha value is -0.0100. The molecule has 76 valence electrons. The highest BCUT2D eigenvalue weighted by atomic mass is 32.2. The lowest BCUT2D eigenvalue weighted by Gasteiger charge is -2.42. The maximum atomic E-state index is 10.8. The van der Waals surface area contributed by atoms with Crippen molar-refractivity contribution in [3.63, 3.8) is 0 Å². The summed E-state index contributed by atoms with van der Waals surface area (Å²) >= 11 is -1.79. The van der Waals surface area contributed by atoms with E-state index in [9.17, 15) is 4.21 Å². The van der Waals surface area contributed by atoms with E-state index in [-0.39, 0.29) is 0 Å². The number of fused-ring (bicyclic) bond motifs is 1. The summed E-state index contributed by atoms with van der Waals surface area (Å²) < 4.78 is 21.4. The van der Waals surface area contributed by atoms with E-state index in [1.807, 2.05) is 0 Å². The molecule has 2 unspecified atom stereocenters. The van der Waals surface area contributed by atoms with Crippen molar-refractivity contribution in [1.82, 2.24) is 14.5 Å². The van der Waals surface area contributed by atoms with E-state index in [4.69, 9.17) is 4.55 Å². The highest BCUT2D eigenvalue weighted by Crippen LogP contribution is 2.11. The molecule has 5 nitrogen and oxygen atoms in total. The van der Waals surface area contributed by atoms with Gasteiger partial charge in [0.25, 0.3) is 0 Å². The van der Waals surface area contributed by atoms with Gasteiger partial charge in [-0.1, -0.05) is 0 Å². The molecule has 13 heavy (non-hydrogen) atoms. The Morgan fingerprint density at radius 2 is 2.23 bits per heavy atom. The van der Waals surface area contributed by atoms with Crippen LogP contribution in [0.3, 0.4) is 0 Å². The fourth-order valence-corrected chi connectivity index (χ4v) is 2.52. The van der Waals surface area contributed by atoms with E-state index in [0.29, 0.717) is 19.1 Å². The van der Waals surface area contributed by atoms with Crippen LogP contribution in [-0.4, -0.2) is 63.3 Å². The van der Waals surface area contributed by atoms with Gasteiger partial charge in [0, 0.05) is 45.3 Å². The van der Waals surface area contributed by atoms with Gasteiger partial charge in [0.15, 0.2) is 0 Å². The summed E-state index contributed by atoms with van der Waals surface area (Å²) in [6, 6.07) is 0.415. The minimum absolute atomic E-state index is 0.415. The van der Waals surface area contributed by atoms with Crippen LogP contribution in [0.2, 0.25) is 0 Å². The number of rotatable bonds is 1. The molecule has 0 aromatic heterocycles. The van der Waals surface area contributed by atoms with Crippen LogP contribution in [0.1, 0.15) is 0 Å². The van der Waals surface area contributed by atoms with Gasteiger partial charge >= 0.3 is 0 Å². The normalized spacial score (nSPS) is 34.1. The second kappa shape index (κ2) is 4.02. The molecule has 0 radical (unpaired) electrons. The quantitative estimate of drug-likeness (QED) is 0.523. The lowest BCUT2D eigenvalue weighted by Crippen LogP contribution is -2.61. The fraction of sp³-hybridized carbons (Fsp3) is 1.00. The first kappa shape index (κ1) is 9.54. The van der Waals surface area contributed by atoms with Gasteiger partial charge < -0.3 is 5.32 Å². The van der Waals surface area contributed by atoms with Crippen molar-refractivity contribution >= 4 is 11.3 Å². The van der Waals surface area contributed by atoms with Crippen molar-refractivity contribution < 1.29 is 8.76 Å². The van der Waals surface area contributed by atoms with Gasteiger partial charge in [-0.15, -0.1) is 0 Å². The van der Waals surface area contributed by atoms with Crippen molar-refractivity contribution in [1.29, 1.82) is 0 Å². The van der Waals surface area contributed by atoms with E-state index in [1.165, 1.54) is 0 Å². The van der Waals surface area contributed by atoms with Crippen LogP contribution in [0.5, 0.6) is 0 Å². The molecule has 2 fully saturated rings. The Morgan fingerprint density at radius 3 is 3.00 bits per heavy atom. The number of hydrogen-bond acceptors (Lipinski definition) is 3. The molecule has 2 aliphatic rings. The molecule has 0 spiro atoms. The second-order valence-electron chi connectivity index (χ2n) is 3.51. The van der Waals surface area contributed by atoms with Gasteiger partial charge in [-0.25, -0.2) is 4.21 Å². The summed E-state index contributed by atoms with van der Waals surface area (Å²) in [5.41, 5.74) is 0. The van der Waals surface area contributed by atoms with Gasteiger partial charge in [0.1, 0.15) is 0 Å². The largest absolute Gasteiger partial charge is 0.314 e. The number of piperazine rings is 2. The zero-order chi connectivity index (χ0) is 9.26. The Kier molecular flexibility index (Phi) is 2.95. The second-order valence-corrected chi connectivity index (χ2v) is 4.49. The predicted molar refractivity (Wildman–Crippen MR) is 50.6 cm³/mol. The van der Waals surface area contributed by atoms with Crippen molar-refractivity contribution in [2.45, 2.75) is 6.04 Å². The third-order valence-electron chi connectivity index (χ3n) is 2.74. The molecular weight excluding hydrogens is 190 g/mol. The Bertz CT molecular complexity index is 214. The molecule has 2 N–H and O–H groups in total. The molecule has 0 aromatic rings. The van der Waals surface area contributed by atoms with Crippen LogP contribution in [-0.2, 0) is 11.3 Å². The highest BCUT2D eigenvalue weighted by molar-refractivity contribution is 7.76. The van der Waals surface area contributed by atoms with E-state index in [2.05, 4.69) is 10.2 Å². The first-order chi connectivity index (χ1) is 6.27. The van der Waals surface area contributed by atoms with E-state index < -0.39 is 11.3 Å². The maximum absolute atomic E-state index is 10.8. The smallest absolute Gasteiger partial charge is 0.234 e. The molecule has 2 heterocycles. The molecule has 6 heteroatoms. The summed E-state index contributed by atoms with van der Waals surface area (Å²) in [6.45, 7) is 5.37. The van der Waals surface area contributed by atoms with Gasteiger partial charge in [0.05, 0.1) is 0 Å². The lowest BCUT2D eigenvalue weighted by molar-refractivity contribution is 0.0949. The minimum atomic E-state index is -1.79. The highest BCUT2D eigenvalue weighted by Gasteiger charge is 2.30. The third-order valence-corrected chi connectivity index (χ3v) is 3.52. The molecule has 2 rings (SSSR count). The average Bonchev–Trinajstić information content (AvgIpc) is 2.17. The maximum Gasteiger partial charge on any atom is 0.234 e. The molecule has 0 amide bonds. The first-order valence-electron chi connectivity index (χ1n) is 4.58. The minimum Gasteiger partial charge on any atom is -0.314 e. The predicted octanol–water partition coefficient (Wildman–Crippen LogP) is -1.29. The van der Waals surface area contributed by atoms with Gasteiger partial charge in [0.2, 0.25) is 11.3 Å². The Morgan fingerprint density at radius 1 is 1.38 bits per heavy atom. The zero-order valence-electron chi connectivity index (χ0n) is 7.48. The lowest BCUT2D eigenvalue weighted by atomic mass is 10.1. The Balaban J connectivity index is 1.95. The standard InChI is InChI=1S/C7H15N3O2S/c11-13(12)10-4-3-9-2-1-8-5-7(9)6-10/h7-8H,1-6H2,(H,11,12). The molecule has 0 saturated carbocycles. The number of nitrogens with zero attached hydrogens (tertiary/aromatic N) is 2. The SMILES string of the molecule is O=S(O)N1CCN2CCNCC2C1. The third kappa shape index (κ3) is 2.08. The summed E-state index contributed by atoms with van der Waals surface area (Å²) in [5, 5.41) is 3.29. The van der Waals surface area contributed by atoms with Crippen LogP contribution in [0, 0.1) is 0 Å². The summed E-state index contributed by atoms with van der Waals surface area (Å²) in [4.78, 5) is 2.39. The van der Waals surface area contributed by atoms with E-state index in [0.717, 1.165) is 26.2 Å². The van der Waals surface area contributed by atoms with Gasteiger partial charge in [-0.05, 0) is 0 Å². The van der Waals surface area contributed by atoms with Crippen LogP contribution < -0.4 is 5.32 Å². The van der Waals surface area contributed by atoms with E-state index in [1.54, 1.807) is 4.31 Å². The van der Waals surface area contributed by atoms with Crippen molar-refractivity contribution in [2.24, 2.45) is 0 Å². The van der Waals surface area contributed by atoms with Gasteiger partial charge in [-0.2, -0.15) is 4.31 Å². The molecule has 2 aliphatic heterocycles. The van der Waals surface area contributed by atoms with Crippen molar-refractivity contribution in [3.05, 3.63) is 0 Å². The summed E-state index contributed by atoms with van der Waals surface area (Å²) in [6.07, 6.45) is 0. The average molecular weight is 205 g/mol. The van der Waals surface area contributed by atoms with Crippen molar-refractivity contribution in [2.75, 3.05) is 39.3 Å². The van der Waals surface area contributed by atoms with Crippen LogP contribution >= 0.6 is 0 Å². The van der Waals surface area contributed by atoms with Crippen LogP contribution in [0.25, 0.3) is 0 Å². The molecule has 2 atom stereocenters. The van der Waals surface area contributed by atoms with Crippen LogP contribution in [0.4, 0.5) is 0 Å². The Labute approximate surface area is 80.5 Å². The molecule has 2 saturated heterocycles. The summed E-state index contributed by atoms with van der Waals surface area (Å²) in [7, 11) is 0. The fourth-order valence-electron chi connectivity index (χ4n) is 1.99. The topological polar surface area (TPSA) is 55.8 Å². The van der Waals surface area contributed by atoms with Crippen LogP contribution in [0.15, 0.2) is 0 Å². The van der Waals surface area contributed by atoms with E-state index >= 15 is 0 Å². The number of hydrogen-bond donors (Lipinski definition) is 2. The number of nitrogens with one attached hydrogen (secondary N) is 1. The monoisotopic (exact) mass is 205 g/mol. The van der Waals surface area contributed by atoms with Gasteiger partial charge in [-0.3, -0.25) is 9.45 Å². The molecule has 0 aliphatic carbocycles. The molecule has 0 aromatic carbocycles. The molecule has 0 bridgehead atoms. The molecular formula is C7H15N3O2S. The zero-order valence-corrected chi connectivity index (χ0v) is 8.29. The van der Waals surface area contributed by atoms with Crippen molar-refractivity contribution in [3.8, 4) is 0 Å².